The molecule has 1 atom stereocenters. The van der Waals surface area contributed by atoms with Gasteiger partial charge in [-0.2, -0.15) is 0 Å². The summed E-state index contributed by atoms with van der Waals surface area (Å²) in [6.45, 7) is 3.92. The molecule has 0 saturated carbocycles. The Morgan fingerprint density at radius 3 is 2.53 bits per heavy atom. The molecule has 94 valence electrons. The van der Waals surface area contributed by atoms with Gasteiger partial charge in [0.25, 0.3) is 0 Å². The smallest absolute Gasteiger partial charge is 0.342 e. The van der Waals surface area contributed by atoms with E-state index in [1.807, 2.05) is 6.07 Å². The Morgan fingerprint density at radius 1 is 1.29 bits per heavy atom. The molecule has 0 aliphatic carbocycles. The molecule has 0 radical (unpaired) electrons. The molecule has 0 bridgehead atoms. The van der Waals surface area contributed by atoms with Crippen LogP contribution in [0.3, 0.4) is 0 Å². The van der Waals surface area contributed by atoms with E-state index in [0.717, 1.165) is 19.3 Å². The number of ether oxygens (including phenoxy) is 1. The molecule has 1 aromatic carbocycles. The molecule has 3 heteroatoms. The summed E-state index contributed by atoms with van der Waals surface area (Å²) >= 11 is 0. The number of unbranched alkanes of at least 4 members (excludes halogenated alkanes) is 2. The highest BCUT2D eigenvalue weighted by Crippen LogP contribution is 2.21. The molecule has 1 unspecified atom stereocenters. The number of hydrogen-bond donors (Lipinski definition) is 1. The van der Waals surface area contributed by atoms with Crippen molar-refractivity contribution in [1.29, 1.82) is 0 Å². The van der Waals surface area contributed by atoms with Gasteiger partial charge >= 0.3 is 5.97 Å². The first kappa shape index (κ1) is 13.7. The van der Waals surface area contributed by atoms with Crippen LogP contribution in [0.15, 0.2) is 30.3 Å². The maximum absolute atomic E-state index is 11.8. The first-order chi connectivity index (χ1) is 8.09. The summed E-state index contributed by atoms with van der Waals surface area (Å²) in [6, 6.07) is 8.84. The topological polar surface area (TPSA) is 46.5 Å². The van der Waals surface area contributed by atoms with Gasteiger partial charge in [-0.15, -0.1) is 0 Å². The van der Waals surface area contributed by atoms with Crippen molar-refractivity contribution in [2.75, 3.05) is 6.61 Å². The van der Waals surface area contributed by atoms with Crippen molar-refractivity contribution in [3.05, 3.63) is 35.9 Å². The Bertz CT molecular complexity index is 344. The summed E-state index contributed by atoms with van der Waals surface area (Å²) in [7, 11) is 0. The standard InChI is InChI=1S/C14H20O3/c1-3-4-8-11-17-13(15)14(2,16)12-9-6-5-7-10-12/h5-7,9-10,16H,3-4,8,11H2,1-2H3. The van der Waals surface area contributed by atoms with Gasteiger partial charge in [-0.3, -0.25) is 0 Å². The van der Waals surface area contributed by atoms with Gasteiger partial charge in [-0.05, 0) is 18.9 Å². The van der Waals surface area contributed by atoms with Crippen molar-refractivity contribution in [3.8, 4) is 0 Å². The highest BCUT2D eigenvalue weighted by molar-refractivity contribution is 5.80. The molecule has 0 aromatic heterocycles. The summed E-state index contributed by atoms with van der Waals surface area (Å²) in [6.07, 6.45) is 2.94. The molecule has 0 spiro atoms. The van der Waals surface area contributed by atoms with Crippen LogP contribution in [-0.2, 0) is 15.1 Å². The fourth-order valence-corrected chi connectivity index (χ4v) is 1.54. The van der Waals surface area contributed by atoms with Crippen molar-refractivity contribution in [2.24, 2.45) is 0 Å². The minimum absolute atomic E-state index is 0.371. The number of carbonyl (C=O) groups excluding carboxylic acids is 1. The molecular weight excluding hydrogens is 216 g/mol. The third-order valence-corrected chi connectivity index (χ3v) is 2.71. The Hall–Kier alpha value is -1.35. The van der Waals surface area contributed by atoms with Crippen molar-refractivity contribution >= 4 is 5.97 Å². The van der Waals surface area contributed by atoms with E-state index in [4.69, 9.17) is 4.74 Å². The van der Waals surface area contributed by atoms with E-state index in [-0.39, 0.29) is 0 Å². The summed E-state index contributed by atoms with van der Waals surface area (Å²) in [5, 5.41) is 10.1. The molecule has 1 aromatic rings. The summed E-state index contributed by atoms with van der Waals surface area (Å²) in [5.74, 6) is -0.584. The van der Waals surface area contributed by atoms with Crippen LogP contribution >= 0.6 is 0 Å². The van der Waals surface area contributed by atoms with Crippen molar-refractivity contribution in [1.82, 2.24) is 0 Å². The van der Waals surface area contributed by atoms with E-state index in [9.17, 15) is 9.90 Å². The maximum atomic E-state index is 11.8. The molecular formula is C14H20O3. The van der Waals surface area contributed by atoms with Gasteiger partial charge in [-0.25, -0.2) is 4.79 Å². The zero-order chi connectivity index (χ0) is 12.7. The lowest BCUT2D eigenvalue weighted by Crippen LogP contribution is -2.34. The molecule has 1 rings (SSSR count). The van der Waals surface area contributed by atoms with Crippen molar-refractivity contribution in [3.63, 3.8) is 0 Å². The molecule has 1 N–H and O–H groups in total. The predicted octanol–water partition coefficient (Wildman–Crippen LogP) is 2.63. The quantitative estimate of drug-likeness (QED) is 0.610. The van der Waals surface area contributed by atoms with Crippen LogP contribution in [-0.4, -0.2) is 17.7 Å². The Labute approximate surface area is 102 Å². The zero-order valence-corrected chi connectivity index (χ0v) is 10.5. The largest absolute Gasteiger partial charge is 0.463 e. The fourth-order valence-electron chi connectivity index (χ4n) is 1.54. The summed E-state index contributed by atoms with van der Waals surface area (Å²) in [5.41, 5.74) is -1.01. The van der Waals surface area contributed by atoms with Gasteiger partial charge in [0, 0.05) is 0 Å². The molecule has 3 nitrogen and oxygen atoms in total. The van der Waals surface area contributed by atoms with E-state index < -0.39 is 11.6 Å². The van der Waals surface area contributed by atoms with E-state index in [1.165, 1.54) is 6.92 Å². The van der Waals surface area contributed by atoms with Crippen LogP contribution in [0.1, 0.15) is 38.7 Å². The molecule has 17 heavy (non-hydrogen) atoms. The van der Waals surface area contributed by atoms with Crippen LogP contribution in [0.2, 0.25) is 0 Å². The highest BCUT2D eigenvalue weighted by atomic mass is 16.5. The van der Waals surface area contributed by atoms with Crippen LogP contribution in [0, 0.1) is 0 Å². The lowest BCUT2D eigenvalue weighted by atomic mass is 9.96. The number of esters is 1. The number of rotatable bonds is 6. The summed E-state index contributed by atoms with van der Waals surface area (Å²) in [4.78, 5) is 11.8. The van der Waals surface area contributed by atoms with E-state index >= 15 is 0 Å². The lowest BCUT2D eigenvalue weighted by molar-refractivity contribution is -0.164. The predicted molar refractivity (Wildman–Crippen MR) is 66.5 cm³/mol. The fraction of sp³-hybridized carbons (Fsp3) is 0.500. The normalized spacial score (nSPS) is 14.1. The minimum atomic E-state index is -1.56. The monoisotopic (exact) mass is 236 g/mol. The van der Waals surface area contributed by atoms with E-state index in [2.05, 4.69) is 6.92 Å². The van der Waals surface area contributed by atoms with Gasteiger partial charge in [-0.1, -0.05) is 50.1 Å². The lowest BCUT2D eigenvalue weighted by Gasteiger charge is -2.21. The summed E-state index contributed by atoms with van der Waals surface area (Å²) < 4.78 is 5.07. The van der Waals surface area contributed by atoms with Crippen molar-refractivity contribution in [2.45, 2.75) is 38.7 Å². The van der Waals surface area contributed by atoms with Crippen LogP contribution in [0.25, 0.3) is 0 Å². The highest BCUT2D eigenvalue weighted by Gasteiger charge is 2.33. The molecule has 0 fully saturated rings. The Kier molecular flexibility index (Phi) is 5.16. The molecule has 0 amide bonds. The molecule has 0 aliphatic heterocycles. The average Bonchev–Trinajstić information content (AvgIpc) is 2.35. The number of hydrogen-bond acceptors (Lipinski definition) is 3. The van der Waals surface area contributed by atoms with Crippen LogP contribution in [0.4, 0.5) is 0 Å². The molecule has 0 saturated heterocycles. The van der Waals surface area contributed by atoms with Gasteiger partial charge in [0.1, 0.15) is 0 Å². The minimum Gasteiger partial charge on any atom is -0.463 e. The second-order valence-corrected chi connectivity index (χ2v) is 4.28. The number of carbonyl (C=O) groups is 1. The third kappa shape index (κ3) is 3.86. The SMILES string of the molecule is CCCCCOC(=O)C(C)(O)c1ccccc1. The second-order valence-electron chi connectivity index (χ2n) is 4.28. The van der Waals surface area contributed by atoms with E-state index in [1.54, 1.807) is 24.3 Å². The molecule has 0 heterocycles. The first-order valence-electron chi connectivity index (χ1n) is 6.04. The number of benzene rings is 1. The average molecular weight is 236 g/mol. The first-order valence-corrected chi connectivity index (χ1v) is 6.04. The maximum Gasteiger partial charge on any atom is 0.342 e. The number of aliphatic hydroxyl groups is 1. The van der Waals surface area contributed by atoms with Crippen LogP contribution in [0.5, 0.6) is 0 Å². The Balaban J connectivity index is 2.55. The van der Waals surface area contributed by atoms with Gasteiger partial charge in [0.15, 0.2) is 5.60 Å². The van der Waals surface area contributed by atoms with Gasteiger partial charge in [0.2, 0.25) is 0 Å². The van der Waals surface area contributed by atoms with Crippen LogP contribution < -0.4 is 0 Å². The zero-order valence-electron chi connectivity index (χ0n) is 10.5. The van der Waals surface area contributed by atoms with Crippen molar-refractivity contribution < 1.29 is 14.6 Å². The Morgan fingerprint density at radius 2 is 1.94 bits per heavy atom. The van der Waals surface area contributed by atoms with E-state index in [0.29, 0.717) is 12.2 Å². The van der Waals surface area contributed by atoms with Gasteiger partial charge in [0.05, 0.1) is 6.61 Å². The third-order valence-electron chi connectivity index (χ3n) is 2.71. The molecule has 0 aliphatic rings. The van der Waals surface area contributed by atoms with Gasteiger partial charge < -0.3 is 9.84 Å². The second kappa shape index (κ2) is 6.40.